The lowest BCUT2D eigenvalue weighted by Crippen LogP contribution is -2.16. The van der Waals surface area contributed by atoms with Gasteiger partial charge in [-0.2, -0.15) is 5.10 Å². The van der Waals surface area contributed by atoms with E-state index in [2.05, 4.69) is 33.8 Å². The average Bonchev–Trinajstić information content (AvgIpc) is 2.98. The number of fused-ring (bicyclic) bond motifs is 1. The molecule has 0 fully saturated rings. The summed E-state index contributed by atoms with van der Waals surface area (Å²) in [6.07, 6.45) is 3.13. The van der Waals surface area contributed by atoms with E-state index in [4.69, 9.17) is 34.0 Å². The Morgan fingerprint density at radius 2 is 1.77 bits per heavy atom. The van der Waals surface area contributed by atoms with Crippen LogP contribution in [-0.4, -0.2) is 15.7 Å². The van der Waals surface area contributed by atoms with Crippen molar-refractivity contribution in [3.05, 3.63) is 57.7 Å². The Morgan fingerprint density at radius 1 is 1.08 bits per heavy atom. The fourth-order valence-corrected chi connectivity index (χ4v) is 3.27. The van der Waals surface area contributed by atoms with Gasteiger partial charge in [-0.1, -0.05) is 50.0 Å². The monoisotopic (exact) mass is 391 g/mol. The maximum Gasteiger partial charge on any atom is 0.0740 e. The molecular formula is C21H27Cl2N3. The van der Waals surface area contributed by atoms with Gasteiger partial charge in [-0.15, -0.1) is 0 Å². The van der Waals surface area contributed by atoms with Crippen LogP contribution < -0.4 is 5.73 Å². The minimum absolute atomic E-state index is 0.435. The third-order valence-electron chi connectivity index (χ3n) is 4.59. The van der Waals surface area contributed by atoms with Crippen LogP contribution in [0.25, 0.3) is 16.8 Å². The lowest BCUT2D eigenvalue weighted by Gasteiger charge is -2.07. The van der Waals surface area contributed by atoms with Gasteiger partial charge in [0.05, 0.1) is 21.9 Å². The first-order valence-corrected chi connectivity index (χ1v) is 9.86. The van der Waals surface area contributed by atoms with E-state index in [9.17, 15) is 0 Å². The van der Waals surface area contributed by atoms with Crippen LogP contribution in [0.1, 0.15) is 44.9 Å². The number of nitrogens with two attached hydrogens (primary N) is 1. The van der Waals surface area contributed by atoms with Gasteiger partial charge >= 0.3 is 0 Å². The molecule has 0 aliphatic carbocycles. The Labute approximate surface area is 166 Å². The zero-order valence-electron chi connectivity index (χ0n) is 15.9. The van der Waals surface area contributed by atoms with Crippen LogP contribution in [0.15, 0.2) is 36.4 Å². The van der Waals surface area contributed by atoms with Crippen LogP contribution >= 0.6 is 23.2 Å². The number of nitrogens with zero attached hydrogens (tertiary/aromatic N) is 2. The van der Waals surface area contributed by atoms with E-state index in [-0.39, 0.29) is 0 Å². The standard InChI is InChI=1S/C16H14Cl2N2.C5H13N/c1-3-14-10(2)15-5-4-6-16(20(15)19-14)12-8-7-11(17)9-13(12)18;1-3-5(6)4-2/h4-9H,3H2,1-2H3;5H,3-4,6H2,1-2H3. The van der Waals surface area contributed by atoms with E-state index in [1.807, 2.05) is 28.8 Å². The van der Waals surface area contributed by atoms with Gasteiger partial charge < -0.3 is 5.73 Å². The van der Waals surface area contributed by atoms with E-state index in [1.54, 1.807) is 6.07 Å². The van der Waals surface area contributed by atoms with Gasteiger partial charge in [0.25, 0.3) is 0 Å². The Hall–Kier alpha value is -1.55. The molecule has 26 heavy (non-hydrogen) atoms. The zero-order valence-corrected chi connectivity index (χ0v) is 17.4. The molecule has 2 heterocycles. The smallest absolute Gasteiger partial charge is 0.0740 e. The highest BCUT2D eigenvalue weighted by Gasteiger charge is 2.13. The molecule has 5 heteroatoms. The minimum atomic E-state index is 0.435. The lowest BCUT2D eigenvalue weighted by molar-refractivity contribution is 0.629. The highest BCUT2D eigenvalue weighted by atomic mass is 35.5. The van der Waals surface area contributed by atoms with Crippen LogP contribution in [-0.2, 0) is 6.42 Å². The van der Waals surface area contributed by atoms with Gasteiger partial charge in [-0.25, -0.2) is 4.52 Å². The first-order chi connectivity index (χ1) is 12.4. The van der Waals surface area contributed by atoms with E-state index < -0.39 is 0 Å². The van der Waals surface area contributed by atoms with Gasteiger partial charge in [0, 0.05) is 16.6 Å². The summed E-state index contributed by atoms with van der Waals surface area (Å²) in [5.74, 6) is 0. The maximum absolute atomic E-state index is 6.32. The number of hydrogen-bond acceptors (Lipinski definition) is 2. The predicted octanol–water partition coefficient (Wildman–Crippen LogP) is 6.31. The minimum Gasteiger partial charge on any atom is -0.328 e. The Balaban J connectivity index is 0.000000352. The Bertz CT molecular complexity index is 867. The quantitative estimate of drug-likeness (QED) is 0.565. The third-order valence-corrected chi connectivity index (χ3v) is 5.14. The second-order valence-electron chi connectivity index (χ2n) is 6.33. The first-order valence-electron chi connectivity index (χ1n) is 9.11. The van der Waals surface area contributed by atoms with Crippen LogP contribution in [0.5, 0.6) is 0 Å². The van der Waals surface area contributed by atoms with E-state index in [0.717, 1.165) is 41.7 Å². The molecule has 140 valence electrons. The van der Waals surface area contributed by atoms with Crippen LogP contribution in [0, 0.1) is 6.92 Å². The molecule has 1 aromatic carbocycles. The maximum atomic E-state index is 6.32. The van der Waals surface area contributed by atoms with Gasteiger partial charge in [0.15, 0.2) is 0 Å². The normalized spacial score (nSPS) is 10.9. The molecule has 0 saturated carbocycles. The Kier molecular flexibility index (Phi) is 7.51. The Morgan fingerprint density at radius 3 is 2.31 bits per heavy atom. The summed E-state index contributed by atoms with van der Waals surface area (Å²) in [6.45, 7) is 8.43. The molecule has 0 aliphatic heterocycles. The molecule has 3 nitrogen and oxygen atoms in total. The molecule has 3 aromatic rings. The zero-order chi connectivity index (χ0) is 19.3. The number of benzene rings is 1. The molecule has 0 spiro atoms. The number of hydrogen-bond donors (Lipinski definition) is 1. The fourth-order valence-electron chi connectivity index (χ4n) is 2.76. The molecule has 0 saturated heterocycles. The fraction of sp³-hybridized carbons (Fsp3) is 0.381. The van der Waals surface area contributed by atoms with Gasteiger partial charge in [-0.05, 0) is 62.1 Å². The van der Waals surface area contributed by atoms with Gasteiger partial charge in [0.1, 0.15) is 0 Å². The summed E-state index contributed by atoms with van der Waals surface area (Å²) in [7, 11) is 0. The van der Waals surface area contributed by atoms with E-state index in [0.29, 0.717) is 16.1 Å². The average molecular weight is 392 g/mol. The van der Waals surface area contributed by atoms with Crippen molar-refractivity contribution < 1.29 is 0 Å². The predicted molar refractivity (Wildman–Crippen MR) is 113 cm³/mol. The van der Waals surface area contributed by atoms with E-state index >= 15 is 0 Å². The number of aromatic nitrogens is 2. The van der Waals surface area contributed by atoms with Gasteiger partial charge in [-0.3, -0.25) is 0 Å². The molecule has 0 bridgehead atoms. The number of pyridine rings is 1. The number of aryl methyl sites for hydroxylation is 2. The molecule has 0 atom stereocenters. The SMILES string of the molecule is CCC(N)CC.CCc1nn2c(-c3ccc(Cl)cc3Cl)cccc2c1C. The van der Waals surface area contributed by atoms with Crippen LogP contribution in [0.2, 0.25) is 10.0 Å². The second kappa shape index (κ2) is 9.40. The molecule has 0 unspecified atom stereocenters. The number of rotatable bonds is 4. The summed E-state index contributed by atoms with van der Waals surface area (Å²) >= 11 is 12.3. The molecule has 0 aliphatic rings. The van der Waals surface area contributed by atoms with Crippen molar-refractivity contribution >= 4 is 28.7 Å². The van der Waals surface area contributed by atoms with Crippen molar-refractivity contribution in [2.45, 2.75) is 53.0 Å². The van der Waals surface area contributed by atoms with Crippen LogP contribution in [0.4, 0.5) is 0 Å². The van der Waals surface area contributed by atoms with Crippen molar-refractivity contribution in [3.8, 4) is 11.3 Å². The summed E-state index contributed by atoms with van der Waals surface area (Å²) in [6, 6.07) is 12.1. The summed E-state index contributed by atoms with van der Waals surface area (Å²) < 4.78 is 1.96. The molecular weight excluding hydrogens is 365 g/mol. The van der Waals surface area contributed by atoms with Crippen molar-refractivity contribution in [1.82, 2.24) is 9.61 Å². The lowest BCUT2D eigenvalue weighted by atomic mass is 10.1. The second-order valence-corrected chi connectivity index (χ2v) is 7.18. The summed E-state index contributed by atoms with van der Waals surface area (Å²) in [5, 5.41) is 5.97. The highest BCUT2D eigenvalue weighted by molar-refractivity contribution is 6.36. The largest absolute Gasteiger partial charge is 0.328 e. The van der Waals surface area contributed by atoms with Crippen molar-refractivity contribution in [2.75, 3.05) is 0 Å². The van der Waals surface area contributed by atoms with Crippen molar-refractivity contribution in [2.24, 2.45) is 5.73 Å². The summed E-state index contributed by atoms with van der Waals surface area (Å²) in [5.41, 5.74) is 10.8. The van der Waals surface area contributed by atoms with E-state index in [1.165, 1.54) is 5.56 Å². The molecule has 0 radical (unpaired) electrons. The molecule has 3 rings (SSSR count). The van der Waals surface area contributed by atoms with Crippen molar-refractivity contribution in [3.63, 3.8) is 0 Å². The molecule has 0 amide bonds. The first kappa shape index (κ1) is 20.8. The third kappa shape index (κ3) is 4.59. The van der Waals surface area contributed by atoms with Gasteiger partial charge in [0.2, 0.25) is 0 Å². The topological polar surface area (TPSA) is 43.3 Å². The number of halogens is 2. The van der Waals surface area contributed by atoms with Crippen LogP contribution in [0.3, 0.4) is 0 Å². The molecule has 2 N–H and O–H groups in total. The highest BCUT2D eigenvalue weighted by Crippen LogP contribution is 2.31. The van der Waals surface area contributed by atoms with Crippen molar-refractivity contribution in [1.29, 1.82) is 0 Å². The molecule has 2 aromatic heterocycles. The summed E-state index contributed by atoms with van der Waals surface area (Å²) in [4.78, 5) is 0.